The summed E-state index contributed by atoms with van der Waals surface area (Å²) in [5.41, 5.74) is 1.49. The molecule has 1 aliphatic carbocycles. The van der Waals surface area contributed by atoms with Crippen LogP contribution < -0.4 is 4.74 Å². The number of fused-ring (bicyclic) bond motifs is 1. The molecule has 39 heavy (non-hydrogen) atoms. The molecule has 2 aromatic rings. The first kappa shape index (κ1) is 27.8. The molecule has 3 heterocycles. The Morgan fingerprint density at radius 2 is 1.79 bits per heavy atom. The van der Waals surface area contributed by atoms with E-state index in [-0.39, 0.29) is 47.4 Å². The van der Waals surface area contributed by atoms with Gasteiger partial charge in [0, 0.05) is 50.3 Å². The fraction of sp³-hybridized carbons (Fsp3) is 0.593. The summed E-state index contributed by atoms with van der Waals surface area (Å²) < 4.78 is 52.5. The number of hydrogen-bond donors (Lipinski definition) is 0. The summed E-state index contributed by atoms with van der Waals surface area (Å²) in [5.74, 6) is -0.243. The van der Waals surface area contributed by atoms with Crippen LogP contribution in [0.3, 0.4) is 0 Å². The standard InChI is InChI=1S/C27H32ClF3N4O4/c1-16-13-34(14-17(2)38-16)26(37)25-20-4-3-5-22(20)35(32-25)15-24(36)33-10-8-19(9-11-33)39-23-12-18(27(29,30)31)6-7-21(23)28/h6-7,12,16-17,19H,3-5,8-11,13-15H2,1-2H3/t16-,17+. The minimum absolute atomic E-state index is 0.00961. The molecule has 2 atom stereocenters. The van der Waals surface area contributed by atoms with E-state index < -0.39 is 11.7 Å². The molecular weight excluding hydrogens is 537 g/mol. The molecule has 0 saturated carbocycles. The first-order valence-electron chi connectivity index (χ1n) is 13.3. The minimum Gasteiger partial charge on any atom is -0.489 e. The second-order valence-corrected chi connectivity index (χ2v) is 11.0. The van der Waals surface area contributed by atoms with Gasteiger partial charge in [-0.3, -0.25) is 14.3 Å². The number of likely N-dealkylation sites (tertiary alicyclic amines) is 1. The molecule has 5 rings (SSSR count). The van der Waals surface area contributed by atoms with Crippen LogP contribution in [0.1, 0.15) is 60.4 Å². The summed E-state index contributed by atoms with van der Waals surface area (Å²) in [6, 6.07) is 3.01. The van der Waals surface area contributed by atoms with Crippen molar-refractivity contribution in [3.63, 3.8) is 0 Å². The van der Waals surface area contributed by atoms with E-state index in [1.807, 2.05) is 13.8 Å². The highest BCUT2D eigenvalue weighted by Gasteiger charge is 2.34. The number of nitrogens with zero attached hydrogens (tertiary/aromatic N) is 4. The van der Waals surface area contributed by atoms with Crippen LogP contribution in [0, 0.1) is 0 Å². The van der Waals surface area contributed by atoms with E-state index in [2.05, 4.69) is 5.10 Å². The molecule has 2 aliphatic heterocycles. The zero-order valence-corrected chi connectivity index (χ0v) is 22.7. The van der Waals surface area contributed by atoms with E-state index in [4.69, 9.17) is 21.1 Å². The van der Waals surface area contributed by atoms with Gasteiger partial charge in [0.15, 0.2) is 5.69 Å². The van der Waals surface area contributed by atoms with Crippen molar-refractivity contribution in [2.24, 2.45) is 0 Å². The van der Waals surface area contributed by atoms with Crippen molar-refractivity contribution >= 4 is 23.4 Å². The maximum absolute atomic E-state index is 13.4. The zero-order chi connectivity index (χ0) is 27.9. The van der Waals surface area contributed by atoms with Gasteiger partial charge < -0.3 is 19.3 Å². The third-order valence-electron chi connectivity index (χ3n) is 7.55. The first-order valence-corrected chi connectivity index (χ1v) is 13.7. The van der Waals surface area contributed by atoms with E-state index in [9.17, 15) is 22.8 Å². The van der Waals surface area contributed by atoms with Crippen molar-refractivity contribution in [1.82, 2.24) is 19.6 Å². The second kappa shape index (κ2) is 11.0. The number of aromatic nitrogens is 2. The molecule has 1 aromatic heterocycles. The number of benzene rings is 1. The molecule has 0 N–H and O–H groups in total. The van der Waals surface area contributed by atoms with Gasteiger partial charge in [-0.1, -0.05) is 11.6 Å². The van der Waals surface area contributed by atoms with Crippen molar-refractivity contribution in [2.75, 3.05) is 26.2 Å². The average molecular weight is 569 g/mol. The normalized spacial score (nSPS) is 22.2. The molecule has 8 nitrogen and oxygen atoms in total. The van der Waals surface area contributed by atoms with Crippen molar-refractivity contribution in [1.29, 1.82) is 0 Å². The van der Waals surface area contributed by atoms with Gasteiger partial charge in [-0.05, 0) is 51.3 Å². The van der Waals surface area contributed by atoms with Gasteiger partial charge in [-0.2, -0.15) is 18.3 Å². The van der Waals surface area contributed by atoms with Gasteiger partial charge in [0.1, 0.15) is 18.4 Å². The smallest absolute Gasteiger partial charge is 0.416 e. The SMILES string of the molecule is C[C@@H]1CN(C(=O)c2nn(CC(=O)N3CCC(Oc4cc(C(F)(F)F)ccc4Cl)CC3)c3c2CCC3)C[C@H](C)O1. The van der Waals surface area contributed by atoms with E-state index >= 15 is 0 Å². The zero-order valence-electron chi connectivity index (χ0n) is 22.0. The molecule has 0 bridgehead atoms. The van der Waals surface area contributed by atoms with Crippen LogP contribution in [-0.2, 0) is 35.1 Å². The number of hydrogen-bond acceptors (Lipinski definition) is 5. The molecule has 2 fully saturated rings. The van der Waals surface area contributed by atoms with Crippen LogP contribution in [0.15, 0.2) is 18.2 Å². The number of alkyl halides is 3. The Morgan fingerprint density at radius 3 is 2.46 bits per heavy atom. The Labute approximate surface area is 230 Å². The largest absolute Gasteiger partial charge is 0.489 e. The van der Waals surface area contributed by atoms with Crippen LogP contribution in [0.4, 0.5) is 13.2 Å². The highest BCUT2D eigenvalue weighted by Crippen LogP contribution is 2.36. The number of ether oxygens (including phenoxy) is 2. The second-order valence-electron chi connectivity index (χ2n) is 10.6. The maximum atomic E-state index is 13.4. The number of amides is 2. The van der Waals surface area contributed by atoms with Crippen molar-refractivity contribution in [3.05, 3.63) is 45.7 Å². The topological polar surface area (TPSA) is 76.9 Å². The summed E-state index contributed by atoms with van der Waals surface area (Å²) in [6.07, 6.45) is -1.57. The van der Waals surface area contributed by atoms with Gasteiger partial charge in [-0.25, -0.2) is 0 Å². The lowest BCUT2D eigenvalue weighted by molar-refractivity contribution is -0.138. The lowest BCUT2D eigenvalue weighted by atomic mass is 10.1. The van der Waals surface area contributed by atoms with Crippen molar-refractivity contribution < 1.29 is 32.2 Å². The third kappa shape index (κ3) is 6.04. The third-order valence-corrected chi connectivity index (χ3v) is 7.86. The van der Waals surface area contributed by atoms with Crippen LogP contribution in [-0.4, -0.2) is 75.9 Å². The lowest BCUT2D eigenvalue weighted by Gasteiger charge is -2.35. The van der Waals surface area contributed by atoms with Crippen LogP contribution in [0.5, 0.6) is 5.75 Å². The molecule has 3 aliphatic rings. The van der Waals surface area contributed by atoms with E-state index in [1.165, 1.54) is 6.07 Å². The summed E-state index contributed by atoms with van der Waals surface area (Å²) in [5, 5.41) is 4.72. The predicted octanol–water partition coefficient (Wildman–Crippen LogP) is 4.36. The van der Waals surface area contributed by atoms with Gasteiger partial charge in [0.25, 0.3) is 5.91 Å². The Morgan fingerprint density at radius 1 is 1.10 bits per heavy atom. The van der Waals surface area contributed by atoms with Crippen LogP contribution in [0.25, 0.3) is 0 Å². The molecule has 0 unspecified atom stereocenters. The molecule has 2 saturated heterocycles. The van der Waals surface area contributed by atoms with Crippen molar-refractivity contribution in [2.45, 2.75) is 77.0 Å². The quantitative estimate of drug-likeness (QED) is 0.536. The number of piperidine rings is 1. The average Bonchev–Trinajstić information content (AvgIpc) is 3.48. The highest BCUT2D eigenvalue weighted by molar-refractivity contribution is 6.32. The molecule has 12 heteroatoms. The number of halogens is 4. The first-order chi connectivity index (χ1) is 18.5. The lowest BCUT2D eigenvalue weighted by Crippen LogP contribution is -2.48. The minimum atomic E-state index is -4.49. The Balaban J connectivity index is 1.21. The fourth-order valence-electron chi connectivity index (χ4n) is 5.71. The Hall–Kier alpha value is -2.79. The Kier molecular flexibility index (Phi) is 7.83. The molecule has 2 amide bonds. The van der Waals surface area contributed by atoms with Crippen LogP contribution in [0.2, 0.25) is 5.02 Å². The fourth-order valence-corrected chi connectivity index (χ4v) is 5.87. The summed E-state index contributed by atoms with van der Waals surface area (Å²) in [6.45, 7) is 5.74. The van der Waals surface area contributed by atoms with E-state index in [0.717, 1.165) is 42.7 Å². The molecular formula is C27H32ClF3N4O4. The van der Waals surface area contributed by atoms with Crippen molar-refractivity contribution in [3.8, 4) is 5.75 Å². The Bertz CT molecular complexity index is 1230. The number of morpholine rings is 1. The van der Waals surface area contributed by atoms with E-state index in [0.29, 0.717) is 44.7 Å². The summed E-state index contributed by atoms with van der Waals surface area (Å²) in [4.78, 5) is 30.0. The van der Waals surface area contributed by atoms with Gasteiger partial charge in [0.2, 0.25) is 5.91 Å². The number of carbonyl (C=O) groups excluding carboxylic acids is 2. The van der Waals surface area contributed by atoms with Gasteiger partial charge in [0.05, 0.1) is 22.8 Å². The highest BCUT2D eigenvalue weighted by atomic mass is 35.5. The molecule has 1 aromatic carbocycles. The summed E-state index contributed by atoms with van der Waals surface area (Å²) in [7, 11) is 0. The summed E-state index contributed by atoms with van der Waals surface area (Å²) >= 11 is 6.07. The molecule has 0 spiro atoms. The van der Waals surface area contributed by atoms with Gasteiger partial charge in [-0.15, -0.1) is 0 Å². The number of rotatable bonds is 5. The van der Waals surface area contributed by atoms with Gasteiger partial charge >= 0.3 is 6.18 Å². The van der Waals surface area contributed by atoms with Crippen LogP contribution >= 0.6 is 11.6 Å². The maximum Gasteiger partial charge on any atom is 0.416 e. The van der Waals surface area contributed by atoms with E-state index in [1.54, 1.807) is 14.5 Å². The predicted molar refractivity (Wildman–Crippen MR) is 137 cm³/mol. The molecule has 212 valence electrons. The number of carbonyl (C=O) groups is 2. The monoisotopic (exact) mass is 568 g/mol. The molecule has 0 radical (unpaired) electrons.